The third-order valence-electron chi connectivity index (χ3n) is 6.22. The molecule has 11 heteroatoms. The SMILES string of the molecule is CC(C)CCn1c(OC2CCN(S(=O)(=O)C3CC3)CC2)nc2c1c(=O)n(C)c(=O)n2C. The Balaban J connectivity index is 1.62. The van der Waals surface area contributed by atoms with Gasteiger partial charge in [0, 0.05) is 33.7 Å². The largest absolute Gasteiger partial charge is 0.461 e. The van der Waals surface area contributed by atoms with Gasteiger partial charge in [-0.2, -0.15) is 4.98 Å². The van der Waals surface area contributed by atoms with Crippen LogP contribution < -0.4 is 16.0 Å². The van der Waals surface area contributed by atoms with Gasteiger partial charge >= 0.3 is 5.69 Å². The van der Waals surface area contributed by atoms with Gasteiger partial charge in [0.25, 0.3) is 11.6 Å². The molecule has 2 aromatic heterocycles. The van der Waals surface area contributed by atoms with E-state index in [0.29, 0.717) is 55.6 Å². The Morgan fingerprint density at radius 3 is 2.29 bits per heavy atom. The number of ether oxygens (including phenoxy) is 1. The molecular weight excluding hydrogens is 422 g/mol. The van der Waals surface area contributed by atoms with E-state index >= 15 is 0 Å². The van der Waals surface area contributed by atoms with Crippen LogP contribution in [0.15, 0.2) is 9.59 Å². The van der Waals surface area contributed by atoms with Crippen LogP contribution in [0.2, 0.25) is 0 Å². The second-order valence-electron chi connectivity index (χ2n) is 9.07. The van der Waals surface area contributed by atoms with Gasteiger partial charge in [-0.25, -0.2) is 17.5 Å². The van der Waals surface area contributed by atoms with Crippen molar-refractivity contribution in [3.05, 3.63) is 20.8 Å². The molecule has 2 aliphatic rings. The fourth-order valence-electron chi connectivity index (χ4n) is 4.04. The zero-order valence-electron chi connectivity index (χ0n) is 18.6. The number of rotatable bonds is 7. The van der Waals surface area contributed by atoms with Crippen LogP contribution in [0.25, 0.3) is 11.2 Å². The van der Waals surface area contributed by atoms with Crippen molar-refractivity contribution in [1.82, 2.24) is 23.0 Å². The molecule has 31 heavy (non-hydrogen) atoms. The Kier molecular flexibility index (Phi) is 5.76. The van der Waals surface area contributed by atoms with Gasteiger partial charge in [0.1, 0.15) is 6.10 Å². The van der Waals surface area contributed by atoms with Crippen LogP contribution in [0.1, 0.15) is 46.0 Å². The van der Waals surface area contributed by atoms with Crippen LogP contribution in [0, 0.1) is 5.92 Å². The molecule has 10 nitrogen and oxygen atoms in total. The number of aromatic nitrogens is 4. The van der Waals surface area contributed by atoms with Crippen molar-refractivity contribution in [2.45, 2.75) is 63.9 Å². The quantitative estimate of drug-likeness (QED) is 0.614. The molecule has 0 radical (unpaired) electrons. The van der Waals surface area contributed by atoms with Crippen LogP contribution in [0.3, 0.4) is 0 Å². The monoisotopic (exact) mass is 453 g/mol. The topological polar surface area (TPSA) is 108 Å². The number of sulfonamides is 1. The second-order valence-corrected chi connectivity index (χ2v) is 11.3. The molecule has 172 valence electrons. The number of piperidine rings is 1. The highest BCUT2D eigenvalue weighted by Gasteiger charge is 2.41. The van der Waals surface area contributed by atoms with E-state index in [2.05, 4.69) is 18.8 Å². The minimum Gasteiger partial charge on any atom is -0.461 e. The standard InChI is InChI=1S/C20H31N5O5S/c1-13(2)7-12-25-16-17(22(3)20(27)23(4)18(16)26)21-19(25)30-14-8-10-24(11-9-14)31(28,29)15-5-6-15/h13-15H,5-12H2,1-4H3. The third-order valence-corrected chi connectivity index (χ3v) is 8.62. The Hall–Kier alpha value is -2.14. The summed E-state index contributed by atoms with van der Waals surface area (Å²) in [4.78, 5) is 29.7. The highest BCUT2D eigenvalue weighted by atomic mass is 32.2. The Labute approximate surface area is 181 Å². The number of hydrogen-bond donors (Lipinski definition) is 0. The van der Waals surface area contributed by atoms with Crippen molar-refractivity contribution in [2.75, 3.05) is 13.1 Å². The van der Waals surface area contributed by atoms with E-state index in [1.807, 2.05) is 0 Å². The maximum atomic E-state index is 12.9. The van der Waals surface area contributed by atoms with Crippen LogP contribution >= 0.6 is 0 Å². The lowest BCUT2D eigenvalue weighted by Gasteiger charge is -2.31. The Bertz CT molecular complexity index is 1200. The first kappa shape index (κ1) is 22.1. The first-order valence-electron chi connectivity index (χ1n) is 10.9. The van der Waals surface area contributed by atoms with E-state index in [9.17, 15) is 18.0 Å². The molecular formula is C20H31N5O5S. The van der Waals surface area contributed by atoms with Crippen molar-refractivity contribution < 1.29 is 13.2 Å². The third kappa shape index (κ3) is 4.05. The molecule has 0 spiro atoms. The minimum atomic E-state index is -3.18. The molecule has 2 fully saturated rings. The van der Waals surface area contributed by atoms with Crippen molar-refractivity contribution in [1.29, 1.82) is 0 Å². The summed E-state index contributed by atoms with van der Waals surface area (Å²) in [5, 5.41) is -0.206. The Morgan fingerprint density at radius 1 is 1.06 bits per heavy atom. The predicted octanol–water partition coefficient (Wildman–Crippen LogP) is 0.815. The second kappa shape index (κ2) is 8.09. The highest BCUT2D eigenvalue weighted by molar-refractivity contribution is 7.90. The first-order valence-corrected chi connectivity index (χ1v) is 12.4. The average Bonchev–Trinajstić information content (AvgIpc) is 3.53. The molecule has 0 unspecified atom stereocenters. The summed E-state index contributed by atoms with van der Waals surface area (Å²) < 4.78 is 36.9. The number of fused-ring (bicyclic) bond motifs is 1. The molecule has 1 saturated heterocycles. The van der Waals surface area contributed by atoms with Gasteiger partial charge in [-0.05, 0) is 38.0 Å². The van der Waals surface area contributed by atoms with Gasteiger partial charge in [-0.15, -0.1) is 0 Å². The predicted molar refractivity (Wildman–Crippen MR) is 117 cm³/mol. The summed E-state index contributed by atoms with van der Waals surface area (Å²) in [6, 6.07) is 0.317. The summed E-state index contributed by atoms with van der Waals surface area (Å²) in [6.45, 7) is 5.60. The van der Waals surface area contributed by atoms with E-state index in [-0.39, 0.29) is 11.4 Å². The lowest BCUT2D eigenvalue weighted by molar-refractivity contribution is 0.119. The van der Waals surface area contributed by atoms with E-state index < -0.39 is 21.3 Å². The van der Waals surface area contributed by atoms with Gasteiger partial charge in [-0.1, -0.05) is 13.8 Å². The molecule has 0 aromatic carbocycles. The van der Waals surface area contributed by atoms with Crippen LogP contribution in [0.5, 0.6) is 6.01 Å². The van der Waals surface area contributed by atoms with E-state index in [1.165, 1.54) is 11.6 Å². The Morgan fingerprint density at radius 2 is 1.71 bits per heavy atom. The molecule has 0 N–H and O–H groups in total. The highest BCUT2D eigenvalue weighted by Crippen LogP contribution is 2.33. The van der Waals surface area contributed by atoms with Crippen molar-refractivity contribution in [2.24, 2.45) is 20.0 Å². The molecule has 0 amide bonds. The van der Waals surface area contributed by atoms with Gasteiger partial charge in [0.15, 0.2) is 11.2 Å². The van der Waals surface area contributed by atoms with E-state index in [1.54, 1.807) is 15.9 Å². The van der Waals surface area contributed by atoms with E-state index in [4.69, 9.17) is 4.74 Å². The fourth-order valence-corrected chi connectivity index (χ4v) is 5.91. The average molecular weight is 454 g/mol. The zero-order chi connectivity index (χ0) is 22.5. The summed E-state index contributed by atoms with van der Waals surface area (Å²) in [6.07, 6.45) is 3.28. The molecule has 1 saturated carbocycles. The molecule has 0 atom stereocenters. The fraction of sp³-hybridized carbons (Fsp3) is 0.750. The van der Waals surface area contributed by atoms with Gasteiger partial charge in [0.2, 0.25) is 10.0 Å². The van der Waals surface area contributed by atoms with Gasteiger partial charge in [-0.3, -0.25) is 18.5 Å². The lowest BCUT2D eigenvalue weighted by Crippen LogP contribution is -2.43. The smallest absolute Gasteiger partial charge is 0.332 e. The summed E-state index contributed by atoms with van der Waals surface area (Å²) >= 11 is 0. The summed E-state index contributed by atoms with van der Waals surface area (Å²) in [5.74, 6) is 0.414. The molecule has 1 aliphatic carbocycles. The van der Waals surface area contributed by atoms with Crippen molar-refractivity contribution in [3.8, 4) is 6.01 Å². The molecule has 1 aliphatic heterocycles. The molecule has 0 bridgehead atoms. The first-order chi connectivity index (χ1) is 14.6. The maximum Gasteiger partial charge on any atom is 0.332 e. The van der Waals surface area contributed by atoms with Gasteiger partial charge < -0.3 is 4.74 Å². The summed E-state index contributed by atoms with van der Waals surface area (Å²) in [7, 11) is -0.127. The van der Waals surface area contributed by atoms with Crippen LogP contribution in [-0.4, -0.2) is 55.9 Å². The maximum absolute atomic E-state index is 12.9. The zero-order valence-corrected chi connectivity index (χ0v) is 19.4. The number of hydrogen-bond acceptors (Lipinski definition) is 6. The number of nitrogens with zero attached hydrogens (tertiary/aromatic N) is 5. The molecule has 4 rings (SSSR count). The lowest BCUT2D eigenvalue weighted by atomic mass is 10.1. The summed E-state index contributed by atoms with van der Waals surface area (Å²) in [5.41, 5.74) is -0.166. The number of aryl methyl sites for hydroxylation is 2. The normalized spacial score (nSPS) is 18.9. The van der Waals surface area contributed by atoms with Crippen molar-refractivity contribution >= 4 is 21.2 Å². The molecule has 3 heterocycles. The van der Waals surface area contributed by atoms with Crippen LogP contribution in [0.4, 0.5) is 0 Å². The van der Waals surface area contributed by atoms with Crippen molar-refractivity contribution in [3.63, 3.8) is 0 Å². The molecule has 2 aromatic rings. The minimum absolute atomic E-state index is 0.193. The van der Waals surface area contributed by atoms with Crippen LogP contribution in [-0.2, 0) is 30.7 Å². The van der Waals surface area contributed by atoms with Gasteiger partial charge in [0.05, 0.1) is 5.25 Å². The number of imidazole rings is 1. The van der Waals surface area contributed by atoms with E-state index in [0.717, 1.165) is 23.8 Å².